The van der Waals surface area contributed by atoms with Crippen molar-refractivity contribution in [2.45, 2.75) is 31.8 Å². The molecule has 1 aromatic rings. The van der Waals surface area contributed by atoms with Gasteiger partial charge in [-0.1, -0.05) is 36.8 Å². The summed E-state index contributed by atoms with van der Waals surface area (Å²) >= 11 is 0. The smallest absolute Gasteiger partial charge is 0.137 e. The summed E-state index contributed by atoms with van der Waals surface area (Å²) in [5.74, 6) is 0. The summed E-state index contributed by atoms with van der Waals surface area (Å²) in [5.41, 5.74) is 1.30. The summed E-state index contributed by atoms with van der Waals surface area (Å²) in [7, 11) is 0. The fourth-order valence-electron chi connectivity index (χ4n) is 2.19. The van der Waals surface area contributed by atoms with E-state index < -0.39 is 0 Å². The Bertz CT molecular complexity index is 310. The van der Waals surface area contributed by atoms with Crippen molar-refractivity contribution < 1.29 is 4.79 Å². The second-order valence-corrected chi connectivity index (χ2v) is 4.16. The van der Waals surface area contributed by atoms with Crippen LogP contribution in [0, 0.1) is 0 Å². The monoisotopic (exact) mass is 203 g/mol. The molecule has 15 heavy (non-hydrogen) atoms. The molecule has 1 heterocycles. The molecule has 80 valence electrons. The van der Waals surface area contributed by atoms with Crippen molar-refractivity contribution in [3.05, 3.63) is 35.9 Å². The average Bonchev–Trinajstić information content (AvgIpc) is 2.31. The van der Waals surface area contributed by atoms with Crippen molar-refractivity contribution in [2.75, 3.05) is 6.54 Å². The Balaban J connectivity index is 2.00. The van der Waals surface area contributed by atoms with Gasteiger partial charge in [0.1, 0.15) is 6.29 Å². The number of rotatable bonds is 3. The molecule has 0 N–H and O–H groups in total. The van der Waals surface area contributed by atoms with Crippen molar-refractivity contribution in [1.29, 1.82) is 0 Å². The number of nitrogens with zero attached hydrogens (tertiary/aromatic N) is 1. The minimum absolute atomic E-state index is 0.138. The van der Waals surface area contributed by atoms with Gasteiger partial charge in [-0.15, -0.1) is 0 Å². The van der Waals surface area contributed by atoms with Crippen LogP contribution in [-0.2, 0) is 11.3 Å². The molecule has 2 rings (SSSR count). The Morgan fingerprint density at radius 2 is 2.07 bits per heavy atom. The second kappa shape index (κ2) is 5.08. The summed E-state index contributed by atoms with van der Waals surface area (Å²) in [6.07, 6.45) is 4.53. The molecule has 0 spiro atoms. The van der Waals surface area contributed by atoms with Crippen LogP contribution in [0.5, 0.6) is 0 Å². The number of likely N-dealkylation sites (tertiary alicyclic amines) is 1. The molecule has 2 heteroatoms. The van der Waals surface area contributed by atoms with E-state index in [1.54, 1.807) is 0 Å². The van der Waals surface area contributed by atoms with Crippen LogP contribution < -0.4 is 0 Å². The highest BCUT2D eigenvalue weighted by molar-refractivity contribution is 5.57. The standard InChI is InChI=1S/C13H17NO/c15-11-13-8-4-5-9-14(13)10-12-6-2-1-3-7-12/h1-3,6-7,11,13H,4-5,8-10H2/t13-/m1/s1. The van der Waals surface area contributed by atoms with E-state index in [4.69, 9.17) is 0 Å². The van der Waals surface area contributed by atoms with Gasteiger partial charge in [0, 0.05) is 6.54 Å². The molecule has 1 aliphatic heterocycles. The van der Waals surface area contributed by atoms with Crippen molar-refractivity contribution in [3.63, 3.8) is 0 Å². The second-order valence-electron chi connectivity index (χ2n) is 4.16. The number of carbonyl (C=O) groups is 1. The zero-order valence-electron chi connectivity index (χ0n) is 8.93. The van der Waals surface area contributed by atoms with Gasteiger partial charge in [-0.2, -0.15) is 0 Å². The molecule has 1 atom stereocenters. The van der Waals surface area contributed by atoms with Crippen molar-refractivity contribution in [2.24, 2.45) is 0 Å². The highest BCUT2D eigenvalue weighted by atomic mass is 16.1. The highest BCUT2D eigenvalue weighted by Gasteiger charge is 2.21. The predicted molar refractivity (Wildman–Crippen MR) is 60.6 cm³/mol. The van der Waals surface area contributed by atoms with Gasteiger partial charge < -0.3 is 4.79 Å². The Labute approximate surface area is 90.9 Å². The number of carbonyl (C=O) groups excluding carboxylic acids is 1. The van der Waals surface area contributed by atoms with Crippen molar-refractivity contribution in [3.8, 4) is 0 Å². The molecule has 0 amide bonds. The van der Waals surface area contributed by atoms with Crippen LogP contribution in [0.25, 0.3) is 0 Å². The molecule has 0 aromatic heterocycles. The van der Waals surface area contributed by atoms with Crippen LogP contribution in [0.15, 0.2) is 30.3 Å². The molecule has 1 saturated heterocycles. The quantitative estimate of drug-likeness (QED) is 0.702. The van der Waals surface area contributed by atoms with Gasteiger partial charge in [0.2, 0.25) is 0 Å². The van der Waals surface area contributed by atoms with Gasteiger partial charge in [-0.05, 0) is 24.9 Å². The van der Waals surface area contributed by atoms with E-state index in [2.05, 4.69) is 29.2 Å². The third kappa shape index (κ3) is 2.66. The van der Waals surface area contributed by atoms with Crippen molar-refractivity contribution >= 4 is 6.29 Å². The van der Waals surface area contributed by atoms with E-state index >= 15 is 0 Å². The van der Waals surface area contributed by atoms with Gasteiger partial charge in [-0.3, -0.25) is 4.90 Å². The minimum atomic E-state index is 0.138. The first-order chi connectivity index (χ1) is 7.40. The number of aldehydes is 1. The number of piperidine rings is 1. The van der Waals surface area contributed by atoms with E-state index in [1.165, 1.54) is 18.4 Å². The summed E-state index contributed by atoms with van der Waals surface area (Å²) in [6.45, 7) is 1.96. The SMILES string of the molecule is O=C[C@H]1CCCCN1Cc1ccccc1. The normalized spacial score (nSPS) is 22.5. The van der Waals surface area contributed by atoms with Gasteiger partial charge in [0.15, 0.2) is 0 Å². The van der Waals surface area contributed by atoms with Gasteiger partial charge in [0.05, 0.1) is 6.04 Å². The average molecular weight is 203 g/mol. The summed E-state index contributed by atoms with van der Waals surface area (Å²) in [5, 5.41) is 0. The largest absolute Gasteiger partial charge is 0.302 e. The third-order valence-corrected chi connectivity index (χ3v) is 3.05. The maximum absolute atomic E-state index is 10.9. The molecule has 1 aromatic carbocycles. The molecule has 1 aliphatic rings. The van der Waals surface area contributed by atoms with Gasteiger partial charge in [0.25, 0.3) is 0 Å². The molecule has 0 radical (unpaired) electrons. The topological polar surface area (TPSA) is 20.3 Å². The van der Waals surface area contributed by atoms with Crippen LogP contribution >= 0.6 is 0 Å². The van der Waals surface area contributed by atoms with Gasteiger partial charge in [-0.25, -0.2) is 0 Å². The first-order valence-electron chi connectivity index (χ1n) is 5.63. The molecular weight excluding hydrogens is 186 g/mol. The summed E-state index contributed by atoms with van der Waals surface area (Å²) < 4.78 is 0. The first kappa shape index (κ1) is 10.4. The first-order valence-corrected chi connectivity index (χ1v) is 5.63. The molecule has 0 aliphatic carbocycles. The zero-order chi connectivity index (χ0) is 10.5. The number of hydrogen-bond donors (Lipinski definition) is 0. The molecular formula is C13H17NO. The summed E-state index contributed by atoms with van der Waals surface area (Å²) in [4.78, 5) is 13.2. The van der Waals surface area contributed by atoms with Crippen LogP contribution in [0.4, 0.5) is 0 Å². The van der Waals surface area contributed by atoms with Crippen LogP contribution in [0.2, 0.25) is 0 Å². The summed E-state index contributed by atoms with van der Waals surface area (Å²) in [6, 6.07) is 10.5. The molecule has 0 bridgehead atoms. The van der Waals surface area contributed by atoms with E-state index in [0.717, 1.165) is 25.8 Å². The van der Waals surface area contributed by atoms with Crippen LogP contribution in [0.1, 0.15) is 24.8 Å². The lowest BCUT2D eigenvalue weighted by molar-refractivity contribution is -0.113. The number of hydrogen-bond acceptors (Lipinski definition) is 2. The fourth-order valence-corrected chi connectivity index (χ4v) is 2.19. The van der Waals surface area contributed by atoms with E-state index in [-0.39, 0.29) is 6.04 Å². The fraction of sp³-hybridized carbons (Fsp3) is 0.462. The van der Waals surface area contributed by atoms with E-state index in [0.29, 0.717) is 0 Å². The lowest BCUT2D eigenvalue weighted by Crippen LogP contribution is -2.39. The van der Waals surface area contributed by atoms with Crippen LogP contribution in [0.3, 0.4) is 0 Å². The highest BCUT2D eigenvalue weighted by Crippen LogP contribution is 2.17. The number of benzene rings is 1. The van der Waals surface area contributed by atoms with Crippen molar-refractivity contribution in [1.82, 2.24) is 4.90 Å². The maximum atomic E-state index is 10.9. The Morgan fingerprint density at radius 3 is 2.80 bits per heavy atom. The van der Waals surface area contributed by atoms with E-state index in [1.807, 2.05) is 6.07 Å². The molecule has 0 saturated carbocycles. The molecule has 2 nitrogen and oxygen atoms in total. The Morgan fingerprint density at radius 1 is 1.27 bits per heavy atom. The lowest BCUT2D eigenvalue weighted by atomic mass is 10.0. The van der Waals surface area contributed by atoms with Gasteiger partial charge >= 0.3 is 0 Å². The minimum Gasteiger partial charge on any atom is -0.302 e. The maximum Gasteiger partial charge on any atom is 0.137 e. The lowest BCUT2D eigenvalue weighted by Gasteiger charge is -2.32. The van der Waals surface area contributed by atoms with Crippen LogP contribution in [-0.4, -0.2) is 23.8 Å². The van der Waals surface area contributed by atoms with E-state index in [9.17, 15) is 4.79 Å². The molecule has 1 fully saturated rings. The Hall–Kier alpha value is -1.15. The third-order valence-electron chi connectivity index (χ3n) is 3.05. The Kier molecular flexibility index (Phi) is 3.51. The zero-order valence-corrected chi connectivity index (χ0v) is 8.93. The predicted octanol–water partition coefficient (Wildman–Crippen LogP) is 2.24. The molecule has 0 unspecified atom stereocenters.